The molecule has 0 atom stereocenters. The van der Waals surface area contributed by atoms with Gasteiger partial charge in [-0.05, 0) is 45.3 Å². The maximum absolute atomic E-state index is 12.6. The summed E-state index contributed by atoms with van der Waals surface area (Å²) in [7, 11) is 1.51. The van der Waals surface area contributed by atoms with Crippen molar-refractivity contribution in [1.82, 2.24) is 4.90 Å². The van der Waals surface area contributed by atoms with Crippen LogP contribution in [0.2, 0.25) is 0 Å². The van der Waals surface area contributed by atoms with Gasteiger partial charge in [0.25, 0.3) is 0 Å². The zero-order valence-corrected chi connectivity index (χ0v) is 18.2. The molecule has 162 valence electrons. The Bertz CT molecular complexity index is 710. The molecule has 9 heteroatoms. The maximum Gasteiger partial charge on any atom is 0.348 e. The predicted octanol–water partition coefficient (Wildman–Crippen LogP) is 2.85. The second kappa shape index (κ2) is 11.9. The number of ether oxygens (including phenoxy) is 3. The number of methoxy groups -OCH3 is 1. The van der Waals surface area contributed by atoms with Gasteiger partial charge in [-0.15, -0.1) is 11.3 Å². The lowest BCUT2D eigenvalue weighted by molar-refractivity contribution is -0.117. The van der Waals surface area contributed by atoms with Crippen LogP contribution >= 0.6 is 11.3 Å². The molecule has 0 aliphatic carbocycles. The molecule has 1 aromatic rings. The van der Waals surface area contributed by atoms with E-state index in [1.54, 1.807) is 13.8 Å². The molecule has 1 amide bonds. The van der Waals surface area contributed by atoms with Gasteiger partial charge in [0.05, 0.1) is 25.3 Å². The van der Waals surface area contributed by atoms with Gasteiger partial charge in [-0.3, -0.25) is 9.69 Å². The monoisotopic (exact) mass is 426 g/mol. The lowest BCUT2D eigenvalue weighted by Gasteiger charge is -2.18. The summed E-state index contributed by atoms with van der Waals surface area (Å²) in [4.78, 5) is 39.8. The molecule has 0 aromatic carbocycles. The first-order chi connectivity index (χ1) is 14.0. The van der Waals surface area contributed by atoms with Crippen LogP contribution < -0.4 is 5.32 Å². The quantitative estimate of drug-likeness (QED) is 0.479. The van der Waals surface area contributed by atoms with Gasteiger partial charge in [0.2, 0.25) is 5.91 Å². The molecule has 2 heterocycles. The number of nitrogens with zero attached hydrogens (tertiary/aromatic N) is 1. The van der Waals surface area contributed by atoms with Crippen molar-refractivity contribution in [1.29, 1.82) is 0 Å². The van der Waals surface area contributed by atoms with Crippen LogP contribution in [-0.4, -0.2) is 69.3 Å². The number of anilines is 1. The third-order valence-corrected chi connectivity index (χ3v) is 5.84. The van der Waals surface area contributed by atoms with Crippen molar-refractivity contribution in [2.45, 2.75) is 39.5 Å². The Balaban J connectivity index is 2.16. The highest BCUT2D eigenvalue weighted by Gasteiger charge is 2.27. The van der Waals surface area contributed by atoms with Crippen LogP contribution in [0.1, 0.15) is 58.2 Å². The van der Waals surface area contributed by atoms with Crippen LogP contribution in [-0.2, 0) is 19.0 Å². The van der Waals surface area contributed by atoms with Crippen molar-refractivity contribution >= 4 is 34.2 Å². The van der Waals surface area contributed by atoms with E-state index in [2.05, 4.69) is 10.2 Å². The number of esters is 2. The zero-order chi connectivity index (χ0) is 21.2. The predicted molar refractivity (Wildman–Crippen MR) is 111 cm³/mol. The summed E-state index contributed by atoms with van der Waals surface area (Å²) >= 11 is 1.03. The van der Waals surface area contributed by atoms with Crippen molar-refractivity contribution in [2.75, 3.05) is 51.9 Å². The topological polar surface area (TPSA) is 94.2 Å². The van der Waals surface area contributed by atoms with Crippen LogP contribution in [0.3, 0.4) is 0 Å². The van der Waals surface area contributed by atoms with Crippen LogP contribution in [0.5, 0.6) is 0 Å². The highest BCUT2D eigenvalue weighted by Crippen LogP contribution is 2.34. The number of nitrogens with one attached hydrogen (secondary N) is 1. The number of rotatable bonds is 9. The van der Waals surface area contributed by atoms with Crippen LogP contribution in [0.15, 0.2) is 0 Å². The average molecular weight is 427 g/mol. The fourth-order valence-electron chi connectivity index (χ4n) is 3.19. The number of hydrogen-bond acceptors (Lipinski definition) is 8. The van der Waals surface area contributed by atoms with Crippen LogP contribution in [0.25, 0.3) is 0 Å². The first kappa shape index (κ1) is 23.3. The SMILES string of the molecule is CCOC(=O)c1c(NC(=O)CN2CCCCCC2)sc(C(=O)OCCOC)c1C. The Morgan fingerprint density at radius 2 is 1.72 bits per heavy atom. The van der Waals surface area contributed by atoms with Crippen LogP contribution in [0, 0.1) is 6.92 Å². The molecule has 0 saturated carbocycles. The number of amides is 1. The lowest BCUT2D eigenvalue weighted by atomic mass is 10.1. The second-order valence-corrected chi connectivity index (χ2v) is 7.87. The van der Waals surface area contributed by atoms with E-state index in [-0.39, 0.29) is 42.7 Å². The van der Waals surface area contributed by atoms with Gasteiger partial charge in [0.15, 0.2) is 0 Å². The second-order valence-electron chi connectivity index (χ2n) is 6.85. The van der Waals surface area contributed by atoms with E-state index >= 15 is 0 Å². The van der Waals surface area contributed by atoms with Crippen molar-refractivity contribution < 1.29 is 28.6 Å². The molecule has 0 radical (unpaired) electrons. The summed E-state index contributed by atoms with van der Waals surface area (Å²) in [5.74, 6) is -1.33. The van der Waals surface area contributed by atoms with Crippen molar-refractivity contribution in [3.05, 3.63) is 16.0 Å². The Morgan fingerprint density at radius 1 is 1.03 bits per heavy atom. The standard InChI is InChI=1S/C20H30N2O6S/c1-4-27-19(24)16-14(2)17(20(25)28-12-11-26-3)29-18(16)21-15(23)13-22-9-7-5-6-8-10-22/h4-13H2,1-3H3,(H,21,23). The fraction of sp³-hybridized carbons (Fsp3) is 0.650. The molecule has 8 nitrogen and oxygen atoms in total. The summed E-state index contributed by atoms with van der Waals surface area (Å²) in [5.41, 5.74) is 0.653. The molecular formula is C20H30N2O6S. The molecular weight excluding hydrogens is 396 g/mol. The molecule has 2 rings (SSSR count). The van der Waals surface area contributed by atoms with Gasteiger partial charge >= 0.3 is 11.9 Å². The minimum absolute atomic E-state index is 0.109. The van der Waals surface area contributed by atoms with E-state index in [1.807, 2.05) is 0 Å². The molecule has 29 heavy (non-hydrogen) atoms. The molecule has 1 saturated heterocycles. The smallest absolute Gasteiger partial charge is 0.348 e. The summed E-state index contributed by atoms with van der Waals surface area (Å²) in [6, 6.07) is 0. The first-order valence-electron chi connectivity index (χ1n) is 9.96. The van der Waals surface area contributed by atoms with Crippen LogP contribution in [0.4, 0.5) is 5.00 Å². The number of thiophene rings is 1. The number of likely N-dealkylation sites (tertiary alicyclic amines) is 1. The Labute approximate surface area is 175 Å². The molecule has 1 fully saturated rings. The minimum atomic E-state index is -0.567. The van der Waals surface area contributed by atoms with Crippen molar-refractivity contribution in [3.63, 3.8) is 0 Å². The summed E-state index contributed by atoms with van der Waals surface area (Å²) in [6.07, 6.45) is 4.53. The highest BCUT2D eigenvalue weighted by atomic mass is 32.1. The summed E-state index contributed by atoms with van der Waals surface area (Å²) < 4.78 is 15.2. The van der Waals surface area contributed by atoms with Gasteiger partial charge in [-0.2, -0.15) is 0 Å². The number of hydrogen-bond donors (Lipinski definition) is 1. The van der Waals surface area contributed by atoms with E-state index in [9.17, 15) is 14.4 Å². The van der Waals surface area contributed by atoms with Gasteiger partial charge in [-0.1, -0.05) is 12.8 Å². The van der Waals surface area contributed by atoms with Gasteiger partial charge in [0.1, 0.15) is 16.5 Å². The third-order valence-electron chi connectivity index (χ3n) is 4.65. The summed E-state index contributed by atoms with van der Waals surface area (Å²) in [5, 5.41) is 3.12. The largest absolute Gasteiger partial charge is 0.462 e. The van der Waals surface area contributed by atoms with Gasteiger partial charge in [0, 0.05) is 7.11 Å². The Kier molecular flexibility index (Phi) is 9.56. The highest BCUT2D eigenvalue weighted by molar-refractivity contribution is 7.18. The van der Waals surface area contributed by atoms with E-state index in [1.165, 1.54) is 20.0 Å². The lowest BCUT2D eigenvalue weighted by Crippen LogP contribution is -2.34. The molecule has 1 aliphatic heterocycles. The molecule has 0 spiro atoms. The van der Waals surface area contributed by atoms with E-state index in [4.69, 9.17) is 14.2 Å². The molecule has 0 bridgehead atoms. The number of carbonyl (C=O) groups is 3. The zero-order valence-electron chi connectivity index (χ0n) is 17.4. The third kappa shape index (κ3) is 6.80. The maximum atomic E-state index is 12.6. The Morgan fingerprint density at radius 3 is 2.34 bits per heavy atom. The molecule has 1 N–H and O–H groups in total. The van der Waals surface area contributed by atoms with Gasteiger partial charge < -0.3 is 19.5 Å². The average Bonchev–Trinajstić information content (AvgIpc) is 2.83. The normalized spacial score (nSPS) is 14.9. The van der Waals surface area contributed by atoms with E-state index in [0.29, 0.717) is 10.6 Å². The fourth-order valence-corrected chi connectivity index (χ4v) is 4.30. The number of carbonyl (C=O) groups excluding carboxylic acids is 3. The van der Waals surface area contributed by atoms with Crippen molar-refractivity contribution in [2.24, 2.45) is 0 Å². The van der Waals surface area contributed by atoms with Gasteiger partial charge in [-0.25, -0.2) is 9.59 Å². The van der Waals surface area contributed by atoms with E-state index in [0.717, 1.165) is 37.3 Å². The Hall–Kier alpha value is -1.97. The molecule has 1 aromatic heterocycles. The molecule has 1 aliphatic rings. The molecule has 0 unspecified atom stereocenters. The van der Waals surface area contributed by atoms with Crippen molar-refractivity contribution in [3.8, 4) is 0 Å². The minimum Gasteiger partial charge on any atom is -0.462 e. The first-order valence-corrected chi connectivity index (χ1v) is 10.8. The van der Waals surface area contributed by atoms with E-state index < -0.39 is 11.9 Å². The summed E-state index contributed by atoms with van der Waals surface area (Å²) in [6.45, 7) is 5.97.